The van der Waals surface area contributed by atoms with E-state index in [0.29, 0.717) is 22.5 Å². The molecule has 0 saturated carbocycles. The van der Waals surface area contributed by atoms with Crippen LogP contribution in [0, 0.1) is 13.8 Å². The van der Waals surface area contributed by atoms with Gasteiger partial charge in [-0.25, -0.2) is 0 Å². The van der Waals surface area contributed by atoms with E-state index < -0.39 is 0 Å². The summed E-state index contributed by atoms with van der Waals surface area (Å²) in [5.74, 6) is 0.643. The van der Waals surface area contributed by atoms with Gasteiger partial charge in [0.15, 0.2) is 11.5 Å². The van der Waals surface area contributed by atoms with Gasteiger partial charge in [0, 0.05) is 16.5 Å². The molecule has 37 heavy (non-hydrogen) atoms. The van der Waals surface area contributed by atoms with Gasteiger partial charge in [0.2, 0.25) is 0 Å². The molecule has 0 bridgehead atoms. The fourth-order valence-electron chi connectivity index (χ4n) is 4.18. The average molecular weight is 512 g/mol. The Morgan fingerprint density at radius 2 is 1.51 bits per heavy atom. The van der Waals surface area contributed by atoms with Gasteiger partial charge >= 0.3 is 0 Å². The molecule has 188 valence electrons. The molecule has 6 nitrogen and oxygen atoms in total. The lowest BCUT2D eigenvalue weighted by atomic mass is 9.84. The molecule has 1 N–H and O–H groups in total. The van der Waals surface area contributed by atoms with Gasteiger partial charge in [-0.05, 0) is 66.8 Å². The first-order chi connectivity index (χ1) is 17.7. The molecule has 0 saturated heterocycles. The highest BCUT2D eigenvalue weighted by Crippen LogP contribution is 2.39. The summed E-state index contributed by atoms with van der Waals surface area (Å²) in [6.45, 7) is 10.6. The summed E-state index contributed by atoms with van der Waals surface area (Å²) >= 11 is 1.13. The fourth-order valence-corrected chi connectivity index (χ4v) is 4.64. The zero-order chi connectivity index (χ0) is 26.2. The first kappa shape index (κ1) is 24.9. The van der Waals surface area contributed by atoms with Gasteiger partial charge < -0.3 is 9.99 Å². The number of nitrogens with zero attached hydrogens (tertiary/aromatic N) is 3. The van der Waals surface area contributed by atoms with Crippen molar-refractivity contribution in [3.63, 3.8) is 0 Å². The average Bonchev–Trinajstić information content (AvgIpc) is 3.27. The van der Waals surface area contributed by atoms with Crippen molar-refractivity contribution in [3.8, 4) is 28.3 Å². The van der Waals surface area contributed by atoms with Crippen LogP contribution in [-0.2, 0) is 9.75 Å². The summed E-state index contributed by atoms with van der Waals surface area (Å²) in [7, 11) is 0. The molecule has 1 aromatic heterocycles. The molecule has 0 unspecified atom stereocenters. The summed E-state index contributed by atoms with van der Waals surface area (Å²) in [5, 5.41) is 20.7. The molecule has 4 aromatic carbocycles. The highest BCUT2D eigenvalue weighted by molar-refractivity contribution is 7.94. The number of benzene rings is 4. The number of rotatable bonds is 6. The van der Waals surface area contributed by atoms with E-state index in [1.807, 2.05) is 42.5 Å². The second-order valence-electron chi connectivity index (χ2n) is 10.2. The lowest BCUT2D eigenvalue weighted by Crippen LogP contribution is -2.13. The van der Waals surface area contributed by atoms with Crippen LogP contribution in [0.5, 0.6) is 11.5 Å². The van der Waals surface area contributed by atoms with Gasteiger partial charge in [0.1, 0.15) is 16.7 Å². The monoisotopic (exact) mass is 511 g/mol. The highest BCUT2D eigenvalue weighted by atomic mass is 32.2. The van der Waals surface area contributed by atoms with Gasteiger partial charge in [-0.15, -0.1) is 19.3 Å². The minimum absolute atomic E-state index is 0.136. The molecule has 0 aliphatic rings. The summed E-state index contributed by atoms with van der Waals surface area (Å²) in [5.41, 5.74) is 6.75. The molecule has 0 amide bonds. The molecule has 0 spiro atoms. The Bertz CT molecular complexity index is 1550. The molecule has 0 aliphatic carbocycles. The van der Waals surface area contributed by atoms with E-state index in [1.165, 1.54) is 4.80 Å². The quantitative estimate of drug-likeness (QED) is 0.143. The van der Waals surface area contributed by atoms with Gasteiger partial charge in [-0.2, -0.15) is 0 Å². The Balaban J connectivity index is 1.51. The highest BCUT2D eigenvalue weighted by Gasteiger charge is 2.22. The van der Waals surface area contributed by atoms with E-state index in [1.54, 1.807) is 12.1 Å². The maximum absolute atomic E-state index is 11.4. The standard InChI is InChI=1S/C30H29N3O3S/c1-19-13-20(2)15-21(14-19)25-16-22(30(3,4)5)17-28(29(25)34)33-31-26-12-11-23(18-27(26)32-33)35-36-37-24-9-7-6-8-10-24/h6-18,34H,1-5H3. The Morgan fingerprint density at radius 1 is 0.811 bits per heavy atom. The zero-order valence-electron chi connectivity index (χ0n) is 21.5. The van der Waals surface area contributed by atoms with Gasteiger partial charge in [0.25, 0.3) is 0 Å². The summed E-state index contributed by atoms with van der Waals surface area (Å²) in [6, 6.07) is 25.4. The largest absolute Gasteiger partial charge is 0.505 e. The Kier molecular flexibility index (Phi) is 6.67. The van der Waals surface area contributed by atoms with Crippen molar-refractivity contribution in [3.05, 3.63) is 95.6 Å². The first-order valence-electron chi connectivity index (χ1n) is 12.1. The maximum Gasteiger partial charge on any atom is 0.169 e. The molecular formula is C30H29N3O3S. The number of aromatic hydroxyl groups is 1. The molecule has 5 rings (SSSR count). The second kappa shape index (κ2) is 9.92. The summed E-state index contributed by atoms with van der Waals surface area (Å²) < 4.78 is 5.32. The lowest BCUT2D eigenvalue weighted by molar-refractivity contribution is -0.0776. The van der Waals surface area contributed by atoms with Crippen molar-refractivity contribution < 1.29 is 14.3 Å². The molecule has 1 heterocycles. The molecule has 0 atom stereocenters. The predicted molar refractivity (Wildman–Crippen MR) is 148 cm³/mol. The van der Waals surface area contributed by atoms with Crippen LogP contribution in [0.2, 0.25) is 0 Å². The fraction of sp³-hybridized carbons (Fsp3) is 0.200. The number of phenolic OH excluding ortho intramolecular Hbond substituents is 1. The number of hydrogen-bond donors (Lipinski definition) is 1. The van der Waals surface area contributed by atoms with Crippen LogP contribution in [0.25, 0.3) is 27.8 Å². The van der Waals surface area contributed by atoms with E-state index in [2.05, 4.69) is 69.1 Å². The van der Waals surface area contributed by atoms with Crippen LogP contribution in [0.15, 0.2) is 83.8 Å². The summed E-state index contributed by atoms with van der Waals surface area (Å²) in [6.07, 6.45) is 0. The topological polar surface area (TPSA) is 69.4 Å². The Morgan fingerprint density at radius 3 is 2.22 bits per heavy atom. The van der Waals surface area contributed by atoms with Crippen LogP contribution in [-0.4, -0.2) is 20.1 Å². The molecular weight excluding hydrogens is 482 g/mol. The number of aryl methyl sites for hydroxylation is 2. The van der Waals surface area contributed by atoms with Gasteiger partial charge in [0.05, 0.1) is 12.0 Å². The second-order valence-corrected chi connectivity index (χ2v) is 11.0. The van der Waals surface area contributed by atoms with E-state index in [4.69, 9.17) is 9.22 Å². The zero-order valence-corrected chi connectivity index (χ0v) is 22.3. The third kappa shape index (κ3) is 5.48. The SMILES string of the molecule is Cc1cc(C)cc(-c2cc(C(C)(C)C)cc(-n3nc4ccc(OOSc5ccccc5)cc4n3)c2O)c1. The van der Waals surface area contributed by atoms with Crippen molar-refractivity contribution in [1.82, 2.24) is 15.0 Å². The van der Waals surface area contributed by atoms with E-state index in [9.17, 15) is 5.11 Å². The minimum Gasteiger partial charge on any atom is -0.505 e. The van der Waals surface area contributed by atoms with E-state index >= 15 is 0 Å². The van der Waals surface area contributed by atoms with Crippen LogP contribution >= 0.6 is 12.0 Å². The third-order valence-electron chi connectivity index (χ3n) is 6.06. The first-order valence-corrected chi connectivity index (χ1v) is 12.8. The van der Waals surface area contributed by atoms with Crippen molar-refractivity contribution >= 4 is 23.1 Å². The van der Waals surface area contributed by atoms with Crippen LogP contribution in [0.1, 0.15) is 37.5 Å². The number of aromatic nitrogens is 3. The van der Waals surface area contributed by atoms with Crippen molar-refractivity contribution in [2.24, 2.45) is 0 Å². The van der Waals surface area contributed by atoms with Crippen LogP contribution in [0.3, 0.4) is 0 Å². The van der Waals surface area contributed by atoms with Crippen molar-refractivity contribution in [1.29, 1.82) is 0 Å². The van der Waals surface area contributed by atoms with Crippen LogP contribution < -0.4 is 4.89 Å². The molecule has 0 aliphatic heterocycles. The molecule has 7 heteroatoms. The van der Waals surface area contributed by atoms with Gasteiger partial charge in [-0.1, -0.05) is 68.3 Å². The van der Waals surface area contributed by atoms with E-state index in [-0.39, 0.29) is 11.2 Å². The Hall–Kier alpha value is -3.81. The van der Waals surface area contributed by atoms with E-state index in [0.717, 1.165) is 44.8 Å². The van der Waals surface area contributed by atoms with Crippen LogP contribution in [0.4, 0.5) is 0 Å². The number of phenols is 1. The molecule has 0 fully saturated rings. The predicted octanol–water partition coefficient (Wildman–Crippen LogP) is 7.73. The maximum atomic E-state index is 11.4. The number of fused-ring (bicyclic) bond motifs is 1. The smallest absolute Gasteiger partial charge is 0.169 e. The molecule has 5 aromatic rings. The van der Waals surface area contributed by atoms with Crippen molar-refractivity contribution in [2.45, 2.75) is 44.9 Å². The van der Waals surface area contributed by atoms with Gasteiger partial charge in [-0.3, -0.25) is 0 Å². The lowest BCUT2D eigenvalue weighted by Gasteiger charge is -2.22. The summed E-state index contributed by atoms with van der Waals surface area (Å²) in [4.78, 5) is 7.88. The van der Waals surface area contributed by atoms with Crippen molar-refractivity contribution in [2.75, 3.05) is 0 Å². The minimum atomic E-state index is -0.141. The third-order valence-corrected chi connectivity index (χ3v) is 6.66. The Labute approximate surface area is 221 Å². The molecule has 0 radical (unpaired) electrons. The normalized spacial score (nSPS) is 11.7. The number of hydrogen-bond acceptors (Lipinski definition) is 6.